The first-order chi connectivity index (χ1) is 9.80. The fourth-order valence-electron chi connectivity index (χ4n) is 3.37. The number of nitrogens with one attached hydrogen (secondary N) is 1. The molecule has 1 heterocycles. The second kappa shape index (κ2) is 7.65. The Kier molecular flexibility index (Phi) is 5.86. The van der Waals surface area contributed by atoms with Crippen LogP contribution in [0.5, 0.6) is 5.75 Å². The highest BCUT2D eigenvalue weighted by Crippen LogP contribution is 2.23. The van der Waals surface area contributed by atoms with Gasteiger partial charge >= 0.3 is 0 Å². The molecule has 1 aromatic carbocycles. The van der Waals surface area contributed by atoms with Crippen LogP contribution in [0.4, 0.5) is 0 Å². The predicted octanol–water partition coefficient (Wildman–Crippen LogP) is 0.908. The van der Waals surface area contributed by atoms with Gasteiger partial charge in [0, 0.05) is 11.1 Å². The number of fused-ring (bicyclic) bond motifs is 1. The summed E-state index contributed by atoms with van der Waals surface area (Å²) in [6.45, 7) is 12.2. The summed E-state index contributed by atoms with van der Waals surface area (Å²) in [5.74, 6) is 1.03. The molecule has 0 fully saturated rings. The molecule has 1 aliphatic rings. The van der Waals surface area contributed by atoms with Gasteiger partial charge in [-0.15, -0.1) is 0 Å². The Morgan fingerprint density at radius 3 is 2.60 bits per heavy atom. The molecular weight excluding hydrogens is 248 g/mol. The molecule has 2 rings (SSSR count). The van der Waals surface area contributed by atoms with Gasteiger partial charge in [-0.2, -0.15) is 0 Å². The first-order valence-corrected chi connectivity index (χ1v) is 8.21. The van der Waals surface area contributed by atoms with Gasteiger partial charge in [0.05, 0.1) is 19.7 Å². The van der Waals surface area contributed by atoms with E-state index in [0.717, 1.165) is 18.9 Å². The molecule has 3 nitrogen and oxygen atoms in total. The van der Waals surface area contributed by atoms with Crippen LogP contribution in [0.1, 0.15) is 50.8 Å². The first kappa shape index (κ1) is 15.3. The van der Waals surface area contributed by atoms with Crippen LogP contribution >= 0.6 is 0 Å². The molecule has 0 aromatic heterocycles. The van der Waals surface area contributed by atoms with Crippen molar-refractivity contribution in [3.63, 3.8) is 0 Å². The molecule has 0 spiro atoms. The zero-order valence-electron chi connectivity index (χ0n) is 13.2. The van der Waals surface area contributed by atoms with Crippen molar-refractivity contribution in [2.45, 2.75) is 46.2 Å². The number of rotatable bonds is 7. The molecule has 112 valence electrons. The van der Waals surface area contributed by atoms with Crippen molar-refractivity contribution in [1.29, 1.82) is 0 Å². The van der Waals surface area contributed by atoms with Crippen molar-refractivity contribution >= 4 is 0 Å². The van der Waals surface area contributed by atoms with Gasteiger partial charge in [-0.05, 0) is 38.0 Å². The van der Waals surface area contributed by atoms with Gasteiger partial charge in [-0.25, -0.2) is 0 Å². The van der Waals surface area contributed by atoms with E-state index in [0.29, 0.717) is 6.04 Å². The zero-order chi connectivity index (χ0) is 14.4. The molecule has 20 heavy (non-hydrogen) atoms. The van der Waals surface area contributed by atoms with Crippen LogP contribution in [-0.4, -0.2) is 26.2 Å². The summed E-state index contributed by atoms with van der Waals surface area (Å²) in [5, 5.41) is 2.46. The molecule has 1 aromatic rings. The first-order valence-electron chi connectivity index (χ1n) is 8.21. The molecule has 0 amide bonds. The third-order valence-corrected chi connectivity index (χ3v) is 4.21. The van der Waals surface area contributed by atoms with Crippen LogP contribution in [0.25, 0.3) is 0 Å². The molecule has 0 saturated carbocycles. The maximum Gasteiger partial charge on any atom is 0.163 e. The summed E-state index contributed by atoms with van der Waals surface area (Å²) in [6, 6.07) is 7.30. The Hall–Kier alpha value is -1.06. The van der Waals surface area contributed by atoms with E-state index in [-0.39, 0.29) is 0 Å². The predicted molar refractivity (Wildman–Crippen MR) is 82.1 cm³/mol. The smallest absolute Gasteiger partial charge is 0.163 e. The monoisotopic (exact) mass is 278 g/mol. The van der Waals surface area contributed by atoms with Crippen molar-refractivity contribution in [1.82, 2.24) is 0 Å². The molecular formula is C17H30N2O+2. The fraction of sp³-hybridized carbons (Fsp3) is 0.647. The number of hydrogen-bond acceptors (Lipinski definition) is 1. The van der Waals surface area contributed by atoms with Crippen molar-refractivity contribution in [2.75, 3.05) is 26.2 Å². The number of nitrogens with two attached hydrogens (primary N) is 1. The van der Waals surface area contributed by atoms with E-state index < -0.39 is 0 Å². The van der Waals surface area contributed by atoms with E-state index in [9.17, 15) is 0 Å². The highest BCUT2D eigenvalue weighted by molar-refractivity contribution is 5.37. The Morgan fingerprint density at radius 2 is 1.95 bits per heavy atom. The van der Waals surface area contributed by atoms with Crippen LogP contribution in [0.2, 0.25) is 0 Å². The molecule has 1 aliphatic heterocycles. The summed E-state index contributed by atoms with van der Waals surface area (Å²) < 4.78 is 5.70. The van der Waals surface area contributed by atoms with Crippen molar-refractivity contribution in [3.8, 4) is 5.75 Å². The minimum absolute atomic E-state index is 0.624. The molecule has 3 N–H and O–H groups in total. The lowest BCUT2D eigenvalue weighted by atomic mass is 9.94. The molecule has 0 saturated heterocycles. The quantitative estimate of drug-likeness (QED) is 0.763. The number of quaternary nitrogens is 2. The third kappa shape index (κ3) is 3.53. The summed E-state index contributed by atoms with van der Waals surface area (Å²) in [7, 11) is 0. The summed E-state index contributed by atoms with van der Waals surface area (Å²) in [5.41, 5.74) is 3.02. The van der Waals surface area contributed by atoms with Gasteiger partial charge in [0.1, 0.15) is 18.8 Å². The minimum Gasteiger partial charge on any atom is -0.494 e. The molecule has 1 atom stereocenters. The summed E-state index contributed by atoms with van der Waals surface area (Å²) in [4.78, 5) is 1.74. The Balaban J connectivity index is 2.26. The van der Waals surface area contributed by atoms with E-state index in [1.807, 2.05) is 0 Å². The van der Waals surface area contributed by atoms with E-state index in [1.165, 1.54) is 43.6 Å². The molecule has 0 bridgehead atoms. The average Bonchev–Trinajstić information content (AvgIpc) is 2.47. The second-order valence-corrected chi connectivity index (χ2v) is 5.73. The highest BCUT2D eigenvalue weighted by atomic mass is 16.5. The Bertz CT molecular complexity index is 413. The number of ether oxygens (including phenoxy) is 1. The standard InChI is InChI=1S/C17H28N2O/c1-4-9-19(10-5-2)17-13-18-12-14-7-8-15(20-6-3)11-16(14)17/h7-8,11,17-18H,4-6,9-10,12-13H2,1-3H3/p+2/t17-/m1/s1. The maximum absolute atomic E-state index is 5.70. The van der Waals surface area contributed by atoms with Gasteiger partial charge < -0.3 is 15.0 Å². The molecule has 0 unspecified atom stereocenters. The van der Waals surface area contributed by atoms with Gasteiger partial charge in [0.15, 0.2) is 6.04 Å². The molecule has 0 radical (unpaired) electrons. The van der Waals surface area contributed by atoms with Crippen LogP contribution < -0.4 is 15.0 Å². The van der Waals surface area contributed by atoms with Crippen LogP contribution in [-0.2, 0) is 6.54 Å². The van der Waals surface area contributed by atoms with Crippen LogP contribution in [0.15, 0.2) is 18.2 Å². The SMILES string of the molecule is CCC[NH+](CCC)[C@@H]1C[NH2+]Cc2ccc(OCC)cc21. The summed E-state index contributed by atoms with van der Waals surface area (Å²) >= 11 is 0. The largest absolute Gasteiger partial charge is 0.494 e. The molecule has 3 heteroatoms. The Morgan fingerprint density at radius 1 is 1.20 bits per heavy atom. The maximum atomic E-state index is 5.70. The van der Waals surface area contributed by atoms with E-state index in [4.69, 9.17) is 4.74 Å². The zero-order valence-corrected chi connectivity index (χ0v) is 13.2. The Labute approximate surface area is 123 Å². The normalized spacial score (nSPS) is 18.1. The van der Waals surface area contributed by atoms with Crippen molar-refractivity contribution < 1.29 is 15.0 Å². The summed E-state index contributed by atoms with van der Waals surface area (Å²) in [6.07, 6.45) is 2.51. The van der Waals surface area contributed by atoms with Gasteiger partial charge in [-0.3, -0.25) is 0 Å². The number of benzene rings is 1. The van der Waals surface area contributed by atoms with Crippen molar-refractivity contribution in [2.24, 2.45) is 0 Å². The molecule has 0 aliphatic carbocycles. The van der Waals surface area contributed by atoms with Gasteiger partial charge in [-0.1, -0.05) is 13.8 Å². The number of hydrogen-bond donors (Lipinski definition) is 2. The lowest BCUT2D eigenvalue weighted by Crippen LogP contribution is -3.15. The topological polar surface area (TPSA) is 30.3 Å². The van der Waals surface area contributed by atoms with E-state index >= 15 is 0 Å². The van der Waals surface area contributed by atoms with Crippen LogP contribution in [0, 0.1) is 0 Å². The van der Waals surface area contributed by atoms with E-state index in [2.05, 4.69) is 44.3 Å². The minimum atomic E-state index is 0.624. The van der Waals surface area contributed by atoms with Crippen LogP contribution in [0.3, 0.4) is 0 Å². The fourth-order valence-corrected chi connectivity index (χ4v) is 3.37. The van der Waals surface area contributed by atoms with Crippen molar-refractivity contribution in [3.05, 3.63) is 29.3 Å². The highest BCUT2D eigenvalue weighted by Gasteiger charge is 2.31. The lowest BCUT2D eigenvalue weighted by Gasteiger charge is -2.31. The third-order valence-electron chi connectivity index (χ3n) is 4.21. The van der Waals surface area contributed by atoms with Gasteiger partial charge in [0.2, 0.25) is 0 Å². The second-order valence-electron chi connectivity index (χ2n) is 5.73. The van der Waals surface area contributed by atoms with E-state index in [1.54, 1.807) is 4.90 Å². The van der Waals surface area contributed by atoms with Gasteiger partial charge in [0.25, 0.3) is 0 Å². The average molecular weight is 278 g/mol. The lowest BCUT2D eigenvalue weighted by molar-refractivity contribution is -0.948.